The quantitative estimate of drug-likeness (QED) is 0.741. The van der Waals surface area contributed by atoms with Crippen LogP contribution in [0.3, 0.4) is 0 Å². The Hall–Kier alpha value is -2.62. The summed E-state index contributed by atoms with van der Waals surface area (Å²) < 4.78 is 1.89. The predicted octanol–water partition coefficient (Wildman–Crippen LogP) is 4.17. The smallest absolute Gasteiger partial charge is 0.326 e. The van der Waals surface area contributed by atoms with Gasteiger partial charge in [0.1, 0.15) is 11.9 Å². The van der Waals surface area contributed by atoms with Gasteiger partial charge in [0, 0.05) is 6.42 Å². The predicted molar refractivity (Wildman–Crippen MR) is 95.3 cm³/mol. The van der Waals surface area contributed by atoms with Gasteiger partial charge < -0.3 is 9.67 Å². The summed E-state index contributed by atoms with van der Waals surface area (Å²) in [6.45, 7) is 3.97. The number of aromatic nitrogens is 2. The van der Waals surface area contributed by atoms with E-state index < -0.39 is 12.0 Å². The summed E-state index contributed by atoms with van der Waals surface area (Å²) in [5.74, 6) is 0.0308. The van der Waals surface area contributed by atoms with Crippen molar-refractivity contribution in [2.24, 2.45) is 0 Å². The maximum Gasteiger partial charge on any atom is 0.326 e. The van der Waals surface area contributed by atoms with Gasteiger partial charge in [0.05, 0.1) is 11.0 Å². The highest BCUT2D eigenvalue weighted by molar-refractivity contribution is 5.80. The van der Waals surface area contributed by atoms with E-state index in [1.165, 1.54) is 11.1 Å². The summed E-state index contributed by atoms with van der Waals surface area (Å²) in [6, 6.07) is 15.6. The first kappa shape index (κ1) is 16.2. The number of fused-ring (bicyclic) bond motifs is 1. The van der Waals surface area contributed by atoms with E-state index in [4.69, 9.17) is 4.98 Å². The molecule has 0 saturated heterocycles. The van der Waals surface area contributed by atoms with Gasteiger partial charge in [-0.05, 0) is 37.5 Å². The first-order chi connectivity index (χ1) is 11.6. The van der Waals surface area contributed by atoms with Gasteiger partial charge in [-0.15, -0.1) is 0 Å². The minimum absolute atomic E-state index is 0.535. The molecule has 1 aromatic heterocycles. The maximum absolute atomic E-state index is 11.7. The number of aliphatic carboxylic acids is 1. The van der Waals surface area contributed by atoms with Crippen molar-refractivity contribution in [1.82, 2.24) is 9.55 Å². The second kappa shape index (κ2) is 6.87. The molecule has 0 radical (unpaired) electrons. The lowest BCUT2D eigenvalue weighted by molar-refractivity contribution is -0.140. The number of para-hydroxylation sites is 2. The molecule has 3 rings (SSSR count). The average molecular weight is 322 g/mol. The highest BCUT2D eigenvalue weighted by Gasteiger charge is 2.23. The molecule has 1 unspecified atom stereocenters. The van der Waals surface area contributed by atoms with Crippen molar-refractivity contribution < 1.29 is 9.90 Å². The Balaban J connectivity index is 1.97. The zero-order valence-corrected chi connectivity index (χ0v) is 14.1. The van der Waals surface area contributed by atoms with E-state index in [9.17, 15) is 9.90 Å². The summed E-state index contributed by atoms with van der Waals surface area (Å²) in [5, 5.41) is 9.60. The largest absolute Gasteiger partial charge is 0.480 e. The number of hydrogen-bond donors (Lipinski definition) is 1. The summed E-state index contributed by atoms with van der Waals surface area (Å²) in [4.78, 5) is 16.4. The number of benzene rings is 2. The van der Waals surface area contributed by atoms with Gasteiger partial charge in [0.15, 0.2) is 0 Å². The number of rotatable bonds is 6. The van der Waals surface area contributed by atoms with Crippen molar-refractivity contribution in [3.8, 4) is 0 Å². The number of nitrogens with zero attached hydrogens (tertiary/aromatic N) is 2. The average Bonchev–Trinajstić information content (AvgIpc) is 2.93. The summed E-state index contributed by atoms with van der Waals surface area (Å²) in [7, 11) is 0. The SMILES string of the molecule is CCC(C(=O)O)n1c(CCc2ccc(C)cc2)nc2ccccc21. The van der Waals surface area contributed by atoms with Crippen molar-refractivity contribution in [1.29, 1.82) is 0 Å². The molecule has 1 atom stereocenters. The Morgan fingerprint density at radius 2 is 1.83 bits per heavy atom. The Morgan fingerprint density at radius 1 is 1.12 bits per heavy atom. The molecular weight excluding hydrogens is 300 g/mol. The van der Waals surface area contributed by atoms with Crippen molar-refractivity contribution in [3.63, 3.8) is 0 Å². The first-order valence-corrected chi connectivity index (χ1v) is 8.34. The number of imidazole rings is 1. The fourth-order valence-electron chi connectivity index (χ4n) is 3.10. The molecular formula is C20H22N2O2. The van der Waals surface area contributed by atoms with Crippen LogP contribution in [0.25, 0.3) is 11.0 Å². The second-order valence-electron chi connectivity index (χ2n) is 6.13. The van der Waals surface area contributed by atoms with E-state index >= 15 is 0 Å². The van der Waals surface area contributed by atoms with Crippen LogP contribution in [-0.4, -0.2) is 20.6 Å². The molecule has 0 bridgehead atoms. The third kappa shape index (κ3) is 3.18. The summed E-state index contributed by atoms with van der Waals surface area (Å²) in [5.41, 5.74) is 4.23. The molecule has 24 heavy (non-hydrogen) atoms. The van der Waals surface area contributed by atoms with Crippen LogP contribution in [0.4, 0.5) is 0 Å². The zero-order valence-electron chi connectivity index (χ0n) is 14.1. The molecule has 0 aliphatic carbocycles. The van der Waals surface area contributed by atoms with Crippen molar-refractivity contribution in [3.05, 3.63) is 65.5 Å². The minimum atomic E-state index is -0.808. The van der Waals surface area contributed by atoms with E-state index in [2.05, 4.69) is 31.2 Å². The highest BCUT2D eigenvalue weighted by atomic mass is 16.4. The zero-order chi connectivity index (χ0) is 17.1. The van der Waals surface area contributed by atoms with Gasteiger partial charge in [-0.1, -0.05) is 48.9 Å². The monoisotopic (exact) mass is 322 g/mol. The van der Waals surface area contributed by atoms with Gasteiger partial charge in [-0.3, -0.25) is 0 Å². The molecule has 124 valence electrons. The van der Waals surface area contributed by atoms with Crippen molar-refractivity contribution in [2.45, 2.75) is 39.2 Å². The van der Waals surface area contributed by atoms with E-state index in [0.717, 1.165) is 29.7 Å². The van der Waals surface area contributed by atoms with E-state index in [1.54, 1.807) is 0 Å². The molecule has 0 aliphatic heterocycles. The standard InChI is InChI=1S/C20H22N2O2/c1-3-17(20(23)24)22-18-7-5-4-6-16(18)21-19(22)13-12-15-10-8-14(2)9-11-15/h4-11,17H,3,12-13H2,1-2H3,(H,23,24). The van der Waals surface area contributed by atoms with E-state index in [-0.39, 0.29) is 0 Å². The lowest BCUT2D eigenvalue weighted by Gasteiger charge is -2.16. The third-order valence-electron chi connectivity index (χ3n) is 4.41. The highest BCUT2D eigenvalue weighted by Crippen LogP contribution is 2.24. The Kier molecular flexibility index (Phi) is 4.65. The van der Waals surface area contributed by atoms with Gasteiger partial charge in [-0.2, -0.15) is 0 Å². The van der Waals surface area contributed by atoms with Crippen LogP contribution in [0.15, 0.2) is 48.5 Å². The Morgan fingerprint density at radius 3 is 2.50 bits per heavy atom. The fourth-order valence-corrected chi connectivity index (χ4v) is 3.10. The minimum Gasteiger partial charge on any atom is -0.480 e. The van der Waals surface area contributed by atoms with Crippen LogP contribution in [0.1, 0.15) is 36.3 Å². The molecule has 0 saturated carbocycles. The lowest BCUT2D eigenvalue weighted by Crippen LogP contribution is -2.20. The maximum atomic E-state index is 11.7. The number of hydrogen-bond acceptors (Lipinski definition) is 2. The van der Waals surface area contributed by atoms with Gasteiger partial charge in [0.2, 0.25) is 0 Å². The lowest BCUT2D eigenvalue weighted by atomic mass is 10.1. The van der Waals surface area contributed by atoms with Crippen LogP contribution in [-0.2, 0) is 17.6 Å². The number of aryl methyl sites for hydroxylation is 3. The van der Waals surface area contributed by atoms with Gasteiger partial charge in [-0.25, -0.2) is 9.78 Å². The van der Waals surface area contributed by atoms with Crippen LogP contribution in [0, 0.1) is 6.92 Å². The molecule has 4 nitrogen and oxygen atoms in total. The number of carboxylic acids is 1. The molecule has 3 aromatic rings. The van der Waals surface area contributed by atoms with Crippen molar-refractivity contribution in [2.75, 3.05) is 0 Å². The van der Waals surface area contributed by atoms with Crippen LogP contribution in [0.5, 0.6) is 0 Å². The molecule has 0 amide bonds. The fraction of sp³-hybridized carbons (Fsp3) is 0.300. The summed E-state index contributed by atoms with van der Waals surface area (Å²) >= 11 is 0. The van der Waals surface area contributed by atoms with Gasteiger partial charge in [0.25, 0.3) is 0 Å². The van der Waals surface area contributed by atoms with Gasteiger partial charge >= 0.3 is 5.97 Å². The molecule has 2 aromatic carbocycles. The third-order valence-corrected chi connectivity index (χ3v) is 4.41. The topological polar surface area (TPSA) is 55.1 Å². The number of carboxylic acid groups (broad SMARTS) is 1. The normalized spacial score (nSPS) is 12.4. The number of carbonyl (C=O) groups is 1. The van der Waals surface area contributed by atoms with Crippen LogP contribution >= 0.6 is 0 Å². The Bertz CT molecular complexity index is 850. The second-order valence-corrected chi connectivity index (χ2v) is 6.13. The molecule has 0 aliphatic rings. The molecule has 0 spiro atoms. The Labute approximate surface area is 141 Å². The van der Waals surface area contributed by atoms with Crippen molar-refractivity contribution >= 4 is 17.0 Å². The van der Waals surface area contributed by atoms with Crippen LogP contribution < -0.4 is 0 Å². The molecule has 1 N–H and O–H groups in total. The first-order valence-electron chi connectivity index (χ1n) is 8.34. The van der Waals surface area contributed by atoms with Crippen LogP contribution in [0.2, 0.25) is 0 Å². The van der Waals surface area contributed by atoms with E-state index in [1.807, 2.05) is 35.8 Å². The molecule has 0 fully saturated rings. The molecule has 1 heterocycles. The summed E-state index contributed by atoms with van der Waals surface area (Å²) in [6.07, 6.45) is 2.11. The molecule has 4 heteroatoms. The van der Waals surface area contributed by atoms with E-state index in [0.29, 0.717) is 6.42 Å².